The van der Waals surface area contributed by atoms with Crippen LogP contribution in [0.3, 0.4) is 0 Å². The third-order valence-electron chi connectivity index (χ3n) is 3.77. The molecule has 9 heteroatoms. The van der Waals surface area contributed by atoms with Crippen LogP contribution in [0.1, 0.15) is 22.3 Å². The Morgan fingerprint density at radius 2 is 2.04 bits per heavy atom. The molecule has 2 heterocycles. The number of non-ortho nitro benzene ring substituents is 1. The number of nitro groups is 1. The second kappa shape index (κ2) is 7.25. The molecule has 0 aromatic heterocycles. The molecular formula is C16H16N3O5P. The van der Waals surface area contributed by atoms with Crippen molar-refractivity contribution in [3.63, 3.8) is 0 Å². The molecule has 130 valence electrons. The Morgan fingerprint density at radius 1 is 1.28 bits per heavy atom. The molecule has 0 bridgehead atoms. The number of nitrogens with one attached hydrogen (secondary N) is 1. The average molecular weight is 361 g/mol. The maximum absolute atomic E-state index is 12.6. The smallest absolute Gasteiger partial charge is 0.276 e. The van der Waals surface area contributed by atoms with Gasteiger partial charge in [0.25, 0.3) is 13.7 Å². The summed E-state index contributed by atoms with van der Waals surface area (Å²) in [6.45, 7) is 1.07. The van der Waals surface area contributed by atoms with E-state index in [9.17, 15) is 19.8 Å². The number of benzene rings is 1. The third-order valence-corrected chi connectivity index (χ3v) is 5.80. The van der Waals surface area contributed by atoms with E-state index in [1.165, 1.54) is 22.9 Å². The molecule has 1 saturated heterocycles. The second-order valence-electron chi connectivity index (χ2n) is 5.46. The Balaban J connectivity index is 1.80. The first-order chi connectivity index (χ1) is 12.0. The fraction of sp³-hybridized carbons (Fsp3) is 0.188. The number of carbonyl (C=O) groups excluding carboxylic acids is 1. The summed E-state index contributed by atoms with van der Waals surface area (Å²) in [5.74, 6) is 0. The molecule has 0 amide bonds. The first kappa shape index (κ1) is 17.4. The summed E-state index contributed by atoms with van der Waals surface area (Å²) in [5.41, 5.74) is 1.42. The van der Waals surface area contributed by atoms with E-state index >= 15 is 0 Å². The van der Waals surface area contributed by atoms with Crippen molar-refractivity contribution in [2.45, 2.75) is 6.42 Å². The van der Waals surface area contributed by atoms with Crippen LogP contribution in [0.15, 0.2) is 48.3 Å². The van der Waals surface area contributed by atoms with Crippen molar-refractivity contribution in [1.82, 2.24) is 9.76 Å². The molecule has 1 fully saturated rings. The van der Waals surface area contributed by atoms with Gasteiger partial charge in [0, 0.05) is 36.6 Å². The van der Waals surface area contributed by atoms with Crippen LogP contribution >= 0.6 is 8.02 Å². The van der Waals surface area contributed by atoms with E-state index in [0.717, 1.165) is 12.0 Å². The standard InChI is InChI=1S/C16H16N3O5P/c20-12-15-11-16(19(21)22)3-2-14(15)10-13-4-7-18(8-5-13)25(23)17-6-1-9-24-25/h2-5,7-8,10-12H,1,6,9H2,(H,17,23). The predicted molar refractivity (Wildman–Crippen MR) is 92.1 cm³/mol. The van der Waals surface area contributed by atoms with Crippen LogP contribution in [-0.4, -0.2) is 29.0 Å². The molecule has 1 atom stereocenters. The Kier molecular flexibility index (Phi) is 5.06. The van der Waals surface area contributed by atoms with Crippen LogP contribution in [0.5, 0.6) is 0 Å². The number of allylic oxidation sites excluding steroid dienone is 3. The fourth-order valence-corrected chi connectivity index (χ4v) is 4.15. The van der Waals surface area contributed by atoms with Gasteiger partial charge in [0.1, 0.15) is 0 Å². The number of nitro benzene ring substituents is 1. The molecular weight excluding hydrogens is 345 g/mol. The quantitative estimate of drug-likeness (QED) is 0.379. The zero-order valence-corrected chi connectivity index (χ0v) is 14.1. The van der Waals surface area contributed by atoms with Gasteiger partial charge in [-0.2, -0.15) is 14.3 Å². The van der Waals surface area contributed by atoms with Crippen molar-refractivity contribution in [1.29, 1.82) is 0 Å². The van der Waals surface area contributed by atoms with Gasteiger partial charge in [-0.1, -0.05) is 0 Å². The SMILES string of the molecule is O=Cc1cc([N+](=O)[O-])ccc1C=C1C=CN([P+]2([O-])NCCCO2)C=C1. The van der Waals surface area contributed by atoms with Gasteiger partial charge in [0.05, 0.1) is 11.5 Å². The van der Waals surface area contributed by atoms with Gasteiger partial charge < -0.3 is 4.89 Å². The van der Waals surface area contributed by atoms with Crippen LogP contribution < -0.4 is 9.98 Å². The Morgan fingerprint density at radius 3 is 2.64 bits per heavy atom. The summed E-state index contributed by atoms with van der Waals surface area (Å²) >= 11 is 0. The highest BCUT2D eigenvalue weighted by Gasteiger charge is 2.36. The van der Waals surface area contributed by atoms with Gasteiger partial charge in [-0.25, -0.2) is 0 Å². The summed E-state index contributed by atoms with van der Waals surface area (Å²) in [4.78, 5) is 34.0. The highest BCUT2D eigenvalue weighted by Crippen LogP contribution is 2.53. The molecule has 8 nitrogen and oxygen atoms in total. The summed E-state index contributed by atoms with van der Waals surface area (Å²) in [6, 6.07) is 4.11. The lowest BCUT2D eigenvalue weighted by Gasteiger charge is -2.38. The van der Waals surface area contributed by atoms with Gasteiger partial charge in [-0.3, -0.25) is 14.9 Å². The zero-order valence-electron chi connectivity index (χ0n) is 13.2. The lowest BCUT2D eigenvalue weighted by Crippen LogP contribution is -2.40. The molecule has 0 spiro atoms. The van der Waals surface area contributed by atoms with Crippen LogP contribution in [0.4, 0.5) is 5.69 Å². The number of carbonyl (C=O) groups is 1. The topological polar surface area (TPSA) is 108 Å². The molecule has 1 aromatic carbocycles. The normalized spacial score (nSPS) is 22.8. The monoisotopic (exact) mass is 361 g/mol. The van der Waals surface area contributed by atoms with Gasteiger partial charge >= 0.3 is 0 Å². The van der Waals surface area contributed by atoms with Crippen LogP contribution in [-0.2, 0) is 4.52 Å². The van der Waals surface area contributed by atoms with Gasteiger partial charge in [0.15, 0.2) is 6.29 Å². The molecule has 0 radical (unpaired) electrons. The Hall–Kier alpha value is -2.38. The average Bonchev–Trinajstić information content (AvgIpc) is 2.63. The summed E-state index contributed by atoms with van der Waals surface area (Å²) in [5, 5.41) is 13.7. The van der Waals surface area contributed by atoms with Gasteiger partial charge in [0.2, 0.25) is 0 Å². The minimum Gasteiger partial charge on any atom is -0.621 e. The number of hydrogen-bond acceptors (Lipinski definition) is 7. The van der Waals surface area contributed by atoms with E-state index in [-0.39, 0.29) is 11.3 Å². The maximum atomic E-state index is 12.6. The lowest BCUT2D eigenvalue weighted by molar-refractivity contribution is -0.384. The first-order valence-corrected chi connectivity index (χ1v) is 9.20. The van der Waals surface area contributed by atoms with Crippen molar-refractivity contribution >= 4 is 26.1 Å². The fourth-order valence-electron chi connectivity index (χ4n) is 2.47. The second-order valence-corrected chi connectivity index (χ2v) is 7.54. The molecule has 1 unspecified atom stereocenters. The van der Waals surface area contributed by atoms with Gasteiger partial charge in [-0.05, 0) is 41.9 Å². The van der Waals surface area contributed by atoms with Crippen LogP contribution in [0.2, 0.25) is 0 Å². The van der Waals surface area contributed by atoms with E-state index in [1.54, 1.807) is 30.6 Å². The number of hydrogen-bond donors (Lipinski definition) is 1. The number of rotatable bonds is 4. The van der Waals surface area contributed by atoms with Crippen molar-refractivity contribution in [3.8, 4) is 0 Å². The Labute approximate surface area is 144 Å². The number of aldehydes is 1. The van der Waals surface area contributed by atoms with Crippen molar-refractivity contribution in [2.75, 3.05) is 13.2 Å². The highest BCUT2D eigenvalue weighted by atomic mass is 31.2. The van der Waals surface area contributed by atoms with E-state index in [2.05, 4.69) is 5.09 Å². The summed E-state index contributed by atoms with van der Waals surface area (Å²) < 4.78 is 6.87. The Bertz CT molecular complexity index is 768. The largest absolute Gasteiger partial charge is 0.621 e. The lowest BCUT2D eigenvalue weighted by atomic mass is 10.0. The molecule has 2 aliphatic heterocycles. The van der Waals surface area contributed by atoms with Crippen molar-refractivity contribution in [3.05, 3.63) is 69.6 Å². The maximum Gasteiger partial charge on any atom is 0.276 e. The molecule has 1 aromatic rings. The molecule has 0 saturated carbocycles. The summed E-state index contributed by atoms with van der Waals surface area (Å²) in [6.07, 6.45) is 9.85. The van der Waals surface area contributed by atoms with Gasteiger partial charge in [-0.15, -0.1) is 0 Å². The van der Waals surface area contributed by atoms with Crippen molar-refractivity contribution in [2.24, 2.45) is 0 Å². The molecule has 3 rings (SSSR count). The molecule has 25 heavy (non-hydrogen) atoms. The minimum atomic E-state index is -3.08. The third kappa shape index (κ3) is 3.83. The predicted octanol–water partition coefficient (Wildman–Crippen LogP) is 2.18. The zero-order chi connectivity index (χ0) is 17.9. The van der Waals surface area contributed by atoms with E-state index in [4.69, 9.17) is 4.52 Å². The summed E-state index contributed by atoms with van der Waals surface area (Å²) in [7, 11) is -3.08. The minimum absolute atomic E-state index is 0.135. The van der Waals surface area contributed by atoms with Crippen LogP contribution in [0, 0.1) is 10.1 Å². The number of nitrogens with zero attached hydrogens (tertiary/aromatic N) is 2. The van der Waals surface area contributed by atoms with E-state index in [1.807, 2.05) is 0 Å². The highest BCUT2D eigenvalue weighted by molar-refractivity contribution is 7.59. The molecule has 1 N–H and O–H groups in total. The van der Waals surface area contributed by atoms with E-state index in [0.29, 0.717) is 25.0 Å². The molecule has 0 aliphatic carbocycles. The van der Waals surface area contributed by atoms with E-state index < -0.39 is 12.9 Å². The molecule has 2 aliphatic rings. The van der Waals surface area contributed by atoms with Crippen molar-refractivity contribution < 1.29 is 19.1 Å². The van der Waals surface area contributed by atoms with Crippen LogP contribution in [0.25, 0.3) is 6.08 Å². The first-order valence-electron chi connectivity index (χ1n) is 7.62.